The van der Waals surface area contributed by atoms with Crippen LogP contribution in [0.1, 0.15) is 55.5 Å². The van der Waals surface area contributed by atoms with Crippen molar-refractivity contribution in [1.29, 1.82) is 0 Å². The third-order valence-corrected chi connectivity index (χ3v) is 8.32. The number of carbonyl (C=O) groups is 2. The zero-order chi connectivity index (χ0) is 26.6. The summed E-state index contributed by atoms with van der Waals surface area (Å²) < 4.78 is 0. The van der Waals surface area contributed by atoms with E-state index in [4.69, 9.17) is 4.98 Å². The number of aromatic nitrogens is 2. The van der Waals surface area contributed by atoms with Gasteiger partial charge in [0.1, 0.15) is 0 Å². The third kappa shape index (κ3) is 5.44. The molecule has 5 rings (SSSR count). The molecule has 0 spiro atoms. The highest BCUT2D eigenvalue weighted by Crippen LogP contribution is 2.29. The van der Waals surface area contributed by atoms with Crippen LogP contribution in [0.15, 0.2) is 48.8 Å². The van der Waals surface area contributed by atoms with Gasteiger partial charge in [0.25, 0.3) is 5.91 Å². The summed E-state index contributed by atoms with van der Waals surface area (Å²) in [6.07, 6.45) is 7.44. The SMILES string of the molecule is CCN(CC)C(=O)C1CCCN(C2CCN(C(=O)c3cc(-c4ccncc4)nc4ccc(C)cc34)CC2)C1. The first kappa shape index (κ1) is 26.3. The molecule has 7 heteroatoms. The number of rotatable bonds is 6. The van der Waals surface area contributed by atoms with Crippen molar-refractivity contribution in [3.05, 3.63) is 59.9 Å². The van der Waals surface area contributed by atoms with Crippen LogP contribution in [-0.2, 0) is 4.79 Å². The Labute approximate surface area is 225 Å². The number of carbonyl (C=O) groups excluding carboxylic acids is 2. The van der Waals surface area contributed by atoms with E-state index in [0.29, 0.717) is 17.5 Å². The highest BCUT2D eigenvalue weighted by molar-refractivity contribution is 6.07. The molecule has 200 valence electrons. The molecule has 2 aromatic heterocycles. The molecule has 2 amide bonds. The smallest absolute Gasteiger partial charge is 0.254 e. The molecular weight excluding hydrogens is 474 g/mol. The highest BCUT2D eigenvalue weighted by atomic mass is 16.2. The van der Waals surface area contributed by atoms with Gasteiger partial charge in [0.15, 0.2) is 0 Å². The molecule has 2 saturated heterocycles. The number of nitrogens with zero attached hydrogens (tertiary/aromatic N) is 5. The molecule has 0 N–H and O–H groups in total. The highest BCUT2D eigenvalue weighted by Gasteiger charge is 2.34. The van der Waals surface area contributed by atoms with Gasteiger partial charge in [0, 0.05) is 62.1 Å². The van der Waals surface area contributed by atoms with Crippen LogP contribution in [0, 0.1) is 12.8 Å². The van der Waals surface area contributed by atoms with Gasteiger partial charge >= 0.3 is 0 Å². The summed E-state index contributed by atoms with van der Waals surface area (Å²) in [6.45, 7) is 11.1. The Morgan fingerprint density at radius 2 is 1.71 bits per heavy atom. The molecule has 2 fully saturated rings. The van der Waals surface area contributed by atoms with E-state index < -0.39 is 0 Å². The number of amides is 2. The molecule has 2 aliphatic heterocycles. The van der Waals surface area contributed by atoms with Crippen molar-refractivity contribution < 1.29 is 9.59 Å². The molecule has 7 nitrogen and oxygen atoms in total. The summed E-state index contributed by atoms with van der Waals surface area (Å²) in [5, 5.41) is 0.906. The fraction of sp³-hybridized carbons (Fsp3) is 0.484. The molecule has 0 aliphatic carbocycles. The minimum Gasteiger partial charge on any atom is -0.343 e. The number of pyridine rings is 2. The number of benzene rings is 1. The number of aryl methyl sites for hydroxylation is 1. The van der Waals surface area contributed by atoms with Crippen molar-refractivity contribution in [3.63, 3.8) is 0 Å². The van der Waals surface area contributed by atoms with Crippen LogP contribution in [0.2, 0.25) is 0 Å². The Balaban J connectivity index is 1.31. The molecule has 0 radical (unpaired) electrons. The lowest BCUT2D eigenvalue weighted by Crippen LogP contribution is -2.52. The van der Waals surface area contributed by atoms with Gasteiger partial charge in [-0.15, -0.1) is 0 Å². The lowest BCUT2D eigenvalue weighted by molar-refractivity contribution is -0.137. The Hall–Kier alpha value is -3.32. The van der Waals surface area contributed by atoms with Crippen molar-refractivity contribution >= 4 is 22.7 Å². The van der Waals surface area contributed by atoms with Crippen molar-refractivity contribution in [2.45, 2.75) is 52.5 Å². The summed E-state index contributed by atoms with van der Waals surface area (Å²) in [7, 11) is 0. The first-order chi connectivity index (χ1) is 18.5. The summed E-state index contributed by atoms with van der Waals surface area (Å²) in [4.78, 5) is 42.4. The van der Waals surface area contributed by atoms with Gasteiger partial charge in [-0.1, -0.05) is 11.6 Å². The maximum atomic E-state index is 13.9. The zero-order valence-electron chi connectivity index (χ0n) is 22.9. The van der Waals surface area contributed by atoms with E-state index in [1.54, 1.807) is 12.4 Å². The van der Waals surface area contributed by atoms with E-state index in [-0.39, 0.29) is 11.8 Å². The standard InChI is InChI=1S/C31H39N5O2/c1-4-34(5-2)30(37)24-7-6-16-36(21-24)25-12-17-35(18-13-25)31(38)27-20-29(23-10-14-32-15-11-23)33-28-9-8-22(3)19-26(27)28/h8-11,14-15,19-20,24-25H,4-7,12-13,16-18,21H2,1-3H3. The van der Waals surface area contributed by atoms with E-state index >= 15 is 0 Å². The molecule has 1 aromatic carbocycles. The quantitative estimate of drug-likeness (QED) is 0.474. The van der Waals surface area contributed by atoms with Gasteiger partial charge in [-0.05, 0) is 83.3 Å². The Morgan fingerprint density at radius 1 is 0.974 bits per heavy atom. The minimum absolute atomic E-state index is 0.0741. The van der Waals surface area contributed by atoms with Crippen LogP contribution in [0.4, 0.5) is 0 Å². The van der Waals surface area contributed by atoms with E-state index in [1.165, 1.54) is 0 Å². The number of piperidine rings is 2. The van der Waals surface area contributed by atoms with Crippen LogP contribution in [-0.4, -0.2) is 81.8 Å². The van der Waals surface area contributed by atoms with Gasteiger partial charge in [-0.25, -0.2) is 4.98 Å². The molecule has 1 unspecified atom stereocenters. The summed E-state index contributed by atoms with van der Waals surface area (Å²) >= 11 is 0. The topological polar surface area (TPSA) is 69.6 Å². The number of hydrogen-bond acceptors (Lipinski definition) is 5. The van der Waals surface area contributed by atoms with Crippen LogP contribution in [0.25, 0.3) is 22.2 Å². The second kappa shape index (κ2) is 11.6. The van der Waals surface area contributed by atoms with Gasteiger partial charge in [-0.3, -0.25) is 19.5 Å². The first-order valence-corrected chi connectivity index (χ1v) is 14.1. The second-order valence-corrected chi connectivity index (χ2v) is 10.7. The van der Waals surface area contributed by atoms with Gasteiger partial charge < -0.3 is 9.80 Å². The van der Waals surface area contributed by atoms with E-state index in [1.807, 2.05) is 47.1 Å². The third-order valence-electron chi connectivity index (χ3n) is 8.32. The van der Waals surface area contributed by atoms with Gasteiger partial charge in [0.2, 0.25) is 5.91 Å². The van der Waals surface area contributed by atoms with E-state index in [0.717, 1.165) is 92.7 Å². The fourth-order valence-electron chi connectivity index (χ4n) is 6.12. The van der Waals surface area contributed by atoms with Crippen molar-refractivity contribution in [1.82, 2.24) is 24.7 Å². The monoisotopic (exact) mass is 513 g/mol. The molecule has 4 heterocycles. The van der Waals surface area contributed by atoms with E-state index in [9.17, 15) is 9.59 Å². The number of fused-ring (bicyclic) bond motifs is 1. The zero-order valence-corrected chi connectivity index (χ0v) is 22.9. The molecule has 1 atom stereocenters. The normalized spacial score (nSPS) is 19.0. The Kier molecular flexibility index (Phi) is 8.03. The predicted octanol–water partition coefficient (Wildman–Crippen LogP) is 4.79. The summed E-state index contributed by atoms with van der Waals surface area (Å²) in [6, 6.07) is 12.3. The van der Waals surface area contributed by atoms with Crippen molar-refractivity contribution in [3.8, 4) is 11.3 Å². The van der Waals surface area contributed by atoms with E-state index in [2.05, 4.69) is 29.8 Å². The van der Waals surface area contributed by atoms with Gasteiger partial charge in [-0.2, -0.15) is 0 Å². The second-order valence-electron chi connectivity index (χ2n) is 10.7. The number of hydrogen-bond donors (Lipinski definition) is 0. The average Bonchev–Trinajstić information content (AvgIpc) is 2.97. The van der Waals surface area contributed by atoms with Gasteiger partial charge in [0.05, 0.1) is 22.7 Å². The van der Waals surface area contributed by atoms with Crippen LogP contribution in [0.3, 0.4) is 0 Å². The fourth-order valence-corrected chi connectivity index (χ4v) is 6.12. The number of likely N-dealkylation sites (tertiary alicyclic amines) is 2. The summed E-state index contributed by atoms with van der Waals surface area (Å²) in [5.41, 5.74) is 4.41. The lowest BCUT2D eigenvalue weighted by Gasteiger charge is -2.42. The minimum atomic E-state index is 0.0741. The summed E-state index contributed by atoms with van der Waals surface area (Å²) in [5.74, 6) is 0.475. The maximum absolute atomic E-state index is 13.9. The van der Waals surface area contributed by atoms with Crippen molar-refractivity contribution in [2.75, 3.05) is 39.3 Å². The average molecular weight is 514 g/mol. The van der Waals surface area contributed by atoms with Crippen LogP contribution >= 0.6 is 0 Å². The Morgan fingerprint density at radius 3 is 2.42 bits per heavy atom. The molecule has 0 bridgehead atoms. The predicted molar refractivity (Wildman–Crippen MR) is 151 cm³/mol. The van der Waals surface area contributed by atoms with Crippen molar-refractivity contribution in [2.24, 2.45) is 5.92 Å². The molecule has 38 heavy (non-hydrogen) atoms. The maximum Gasteiger partial charge on any atom is 0.254 e. The molecule has 3 aromatic rings. The first-order valence-electron chi connectivity index (χ1n) is 14.1. The van der Waals surface area contributed by atoms with Crippen LogP contribution < -0.4 is 0 Å². The largest absolute Gasteiger partial charge is 0.343 e. The molecule has 0 saturated carbocycles. The molecule has 2 aliphatic rings. The Bertz CT molecular complexity index is 1280. The lowest BCUT2D eigenvalue weighted by atomic mass is 9.92. The van der Waals surface area contributed by atoms with Crippen LogP contribution in [0.5, 0.6) is 0 Å². The molecular formula is C31H39N5O2.